The number of rotatable bonds is 0. The summed E-state index contributed by atoms with van der Waals surface area (Å²) < 4.78 is 11.3. The molecule has 0 atom stereocenters. The van der Waals surface area contributed by atoms with E-state index in [1.54, 1.807) is 0 Å². The molecule has 76 valence electrons. The van der Waals surface area contributed by atoms with Crippen molar-refractivity contribution in [3.63, 3.8) is 0 Å². The third-order valence-corrected chi connectivity index (χ3v) is 3.60. The first-order chi connectivity index (χ1) is 5.87. The minimum Gasteiger partial charge on any atom is -0.372 e. The van der Waals surface area contributed by atoms with Crippen LogP contribution in [0.1, 0.15) is 27.7 Å². The van der Waals surface area contributed by atoms with E-state index in [1.165, 1.54) is 0 Å². The molecule has 0 aliphatic carbocycles. The second kappa shape index (κ2) is 2.47. The summed E-state index contributed by atoms with van der Waals surface area (Å²) >= 11 is 0. The van der Waals surface area contributed by atoms with E-state index in [0.29, 0.717) is 13.2 Å². The van der Waals surface area contributed by atoms with Crippen LogP contribution in [0.25, 0.3) is 0 Å². The average Bonchev–Trinajstić information content (AvgIpc) is 1.92. The molecule has 13 heavy (non-hydrogen) atoms. The fraction of sp³-hybridized carbons (Fsp3) is 1.00. The van der Waals surface area contributed by atoms with Gasteiger partial charge in [-0.15, -0.1) is 0 Å². The molecule has 0 aromatic heterocycles. The van der Waals surface area contributed by atoms with Gasteiger partial charge in [-0.25, -0.2) is 0 Å². The molecule has 2 aliphatic rings. The van der Waals surface area contributed by atoms with Crippen LogP contribution >= 0.6 is 0 Å². The van der Waals surface area contributed by atoms with Crippen LogP contribution in [-0.4, -0.2) is 31.1 Å². The molecule has 0 aromatic rings. The molecule has 2 saturated heterocycles. The second-order valence-electron chi connectivity index (χ2n) is 5.34. The zero-order valence-corrected chi connectivity index (χ0v) is 8.94. The van der Waals surface area contributed by atoms with Crippen molar-refractivity contribution in [2.75, 3.05) is 19.8 Å². The van der Waals surface area contributed by atoms with Gasteiger partial charge in [-0.1, -0.05) is 13.8 Å². The zero-order chi connectivity index (χ0) is 9.74. The van der Waals surface area contributed by atoms with E-state index in [1.807, 2.05) is 0 Å². The van der Waals surface area contributed by atoms with Crippen LogP contribution in [0.15, 0.2) is 0 Å². The average molecular weight is 185 g/mol. The Kier molecular flexibility index (Phi) is 1.79. The van der Waals surface area contributed by atoms with Crippen LogP contribution in [-0.2, 0) is 9.47 Å². The standard InChI is InChI=1S/C10H19NO2/c1-8(2)5-11-10(6-12-7-10)13-9(8,3)4/h11H,5-7H2,1-4H3. The van der Waals surface area contributed by atoms with Gasteiger partial charge < -0.3 is 9.47 Å². The molecule has 2 fully saturated rings. The van der Waals surface area contributed by atoms with E-state index in [4.69, 9.17) is 9.47 Å². The second-order valence-corrected chi connectivity index (χ2v) is 5.34. The topological polar surface area (TPSA) is 30.5 Å². The lowest BCUT2D eigenvalue weighted by atomic mass is 9.75. The number of ether oxygens (including phenoxy) is 2. The fourth-order valence-electron chi connectivity index (χ4n) is 1.71. The van der Waals surface area contributed by atoms with Crippen molar-refractivity contribution in [3.8, 4) is 0 Å². The van der Waals surface area contributed by atoms with Gasteiger partial charge >= 0.3 is 0 Å². The fourth-order valence-corrected chi connectivity index (χ4v) is 1.71. The molecule has 1 N–H and O–H groups in total. The van der Waals surface area contributed by atoms with Crippen molar-refractivity contribution in [1.82, 2.24) is 5.32 Å². The summed E-state index contributed by atoms with van der Waals surface area (Å²) in [5.41, 5.74) is -0.0884. The van der Waals surface area contributed by atoms with Gasteiger partial charge in [0.05, 0.1) is 18.8 Å². The molecular formula is C10H19NO2. The van der Waals surface area contributed by atoms with Crippen LogP contribution in [0.2, 0.25) is 0 Å². The van der Waals surface area contributed by atoms with Gasteiger partial charge in [0.1, 0.15) is 0 Å². The molecule has 0 unspecified atom stereocenters. The first-order valence-electron chi connectivity index (χ1n) is 4.90. The Morgan fingerprint density at radius 2 is 1.69 bits per heavy atom. The third-order valence-electron chi connectivity index (χ3n) is 3.60. The third kappa shape index (κ3) is 1.30. The Bertz CT molecular complexity index is 219. The minimum atomic E-state index is -0.182. The molecule has 0 bridgehead atoms. The van der Waals surface area contributed by atoms with Crippen LogP contribution in [0.5, 0.6) is 0 Å². The Labute approximate surface area is 79.8 Å². The quantitative estimate of drug-likeness (QED) is 0.614. The Hall–Kier alpha value is -0.120. The summed E-state index contributed by atoms with van der Waals surface area (Å²) in [7, 11) is 0. The van der Waals surface area contributed by atoms with Crippen molar-refractivity contribution in [2.45, 2.75) is 39.0 Å². The van der Waals surface area contributed by atoms with Gasteiger partial charge in [0.2, 0.25) is 0 Å². The molecule has 2 rings (SSSR count). The summed E-state index contributed by atoms with van der Waals surface area (Å²) in [6, 6.07) is 0. The molecule has 0 amide bonds. The lowest BCUT2D eigenvalue weighted by molar-refractivity contribution is -0.313. The van der Waals surface area contributed by atoms with Gasteiger partial charge in [-0.05, 0) is 13.8 Å². The first-order valence-corrected chi connectivity index (χ1v) is 4.90. The van der Waals surface area contributed by atoms with Crippen LogP contribution < -0.4 is 5.32 Å². The molecule has 3 nitrogen and oxygen atoms in total. The smallest absolute Gasteiger partial charge is 0.166 e. The molecule has 2 aliphatic heterocycles. The number of nitrogens with one attached hydrogen (secondary N) is 1. The Balaban J connectivity index is 2.15. The van der Waals surface area contributed by atoms with Gasteiger partial charge in [-0.3, -0.25) is 5.32 Å². The molecule has 0 saturated carbocycles. The highest BCUT2D eigenvalue weighted by Crippen LogP contribution is 2.41. The molecule has 1 spiro atoms. The summed E-state index contributed by atoms with van der Waals surface area (Å²) in [5, 5.41) is 3.43. The summed E-state index contributed by atoms with van der Waals surface area (Å²) in [4.78, 5) is 0. The monoisotopic (exact) mass is 185 g/mol. The Morgan fingerprint density at radius 3 is 2.08 bits per heavy atom. The highest BCUT2D eigenvalue weighted by Gasteiger charge is 2.53. The molecule has 0 radical (unpaired) electrons. The first kappa shape index (κ1) is 9.44. The minimum absolute atomic E-state index is 0.0813. The predicted octanol–water partition coefficient (Wildman–Crippen LogP) is 1.14. The lowest BCUT2D eigenvalue weighted by Gasteiger charge is -2.57. The largest absolute Gasteiger partial charge is 0.372 e. The lowest BCUT2D eigenvalue weighted by Crippen LogP contribution is -2.72. The maximum atomic E-state index is 6.08. The number of hydrogen-bond donors (Lipinski definition) is 1. The normalized spacial score (nSPS) is 34.2. The number of hydrogen-bond acceptors (Lipinski definition) is 3. The van der Waals surface area contributed by atoms with Crippen molar-refractivity contribution >= 4 is 0 Å². The van der Waals surface area contributed by atoms with E-state index < -0.39 is 0 Å². The van der Waals surface area contributed by atoms with E-state index in [0.717, 1.165) is 6.54 Å². The van der Waals surface area contributed by atoms with E-state index in [2.05, 4.69) is 33.0 Å². The van der Waals surface area contributed by atoms with Crippen LogP contribution in [0.4, 0.5) is 0 Å². The van der Waals surface area contributed by atoms with E-state index >= 15 is 0 Å². The van der Waals surface area contributed by atoms with Gasteiger partial charge in [0, 0.05) is 12.0 Å². The SMILES string of the molecule is CC1(C)CNC2(COC2)OC1(C)C. The molecule has 0 aromatic carbocycles. The highest BCUT2D eigenvalue weighted by atomic mass is 16.6. The molecule has 3 heteroatoms. The van der Waals surface area contributed by atoms with Gasteiger partial charge in [0.25, 0.3) is 0 Å². The molecular weight excluding hydrogens is 166 g/mol. The van der Waals surface area contributed by atoms with Crippen molar-refractivity contribution in [3.05, 3.63) is 0 Å². The van der Waals surface area contributed by atoms with Crippen molar-refractivity contribution in [1.29, 1.82) is 0 Å². The highest BCUT2D eigenvalue weighted by molar-refractivity contribution is 5.01. The van der Waals surface area contributed by atoms with Crippen LogP contribution in [0, 0.1) is 5.41 Å². The van der Waals surface area contributed by atoms with E-state index in [-0.39, 0.29) is 16.7 Å². The van der Waals surface area contributed by atoms with Crippen LogP contribution in [0.3, 0.4) is 0 Å². The van der Waals surface area contributed by atoms with Gasteiger partial charge in [0.15, 0.2) is 5.72 Å². The maximum absolute atomic E-state index is 6.08. The van der Waals surface area contributed by atoms with Gasteiger partial charge in [-0.2, -0.15) is 0 Å². The summed E-state index contributed by atoms with van der Waals surface area (Å²) in [5.74, 6) is 0. The summed E-state index contributed by atoms with van der Waals surface area (Å²) in [6.45, 7) is 11.1. The Morgan fingerprint density at radius 1 is 1.08 bits per heavy atom. The summed E-state index contributed by atoms with van der Waals surface area (Å²) in [6.07, 6.45) is 0. The van der Waals surface area contributed by atoms with E-state index in [9.17, 15) is 0 Å². The maximum Gasteiger partial charge on any atom is 0.166 e. The molecule has 2 heterocycles. The van der Waals surface area contributed by atoms with Crippen molar-refractivity contribution in [2.24, 2.45) is 5.41 Å². The zero-order valence-electron chi connectivity index (χ0n) is 8.94. The van der Waals surface area contributed by atoms with Crippen molar-refractivity contribution < 1.29 is 9.47 Å². The predicted molar refractivity (Wildman–Crippen MR) is 50.5 cm³/mol.